The number of carbonyl (C=O) groups is 1. The van der Waals surface area contributed by atoms with Gasteiger partial charge in [-0.05, 0) is 26.0 Å². The third-order valence-corrected chi connectivity index (χ3v) is 2.80. The molecule has 1 rings (SSSR count). The molecule has 0 aliphatic heterocycles. The van der Waals surface area contributed by atoms with E-state index in [0.717, 1.165) is 6.07 Å². The molecule has 1 amide bonds. The van der Waals surface area contributed by atoms with Gasteiger partial charge in [-0.3, -0.25) is 4.79 Å². The summed E-state index contributed by atoms with van der Waals surface area (Å²) in [7, 11) is 0. The Balaban J connectivity index is 2.52. The van der Waals surface area contributed by atoms with Gasteiger partial charge in [0, 0.05) is 26.1 Å². The number of halogens is 3. The smallest absolute Gasteiger partial charge is 0.370 e. The van der Waals surface area contributed by atoms with Crippen molar-refractivity contribution in [1.82, 2.24) is 9.88 Å². The van der Waals surface area contributed by atoms with Gasteiger partial charge in [-0.25, -0.2) is 4.98 Å². The molecule has 0 atom stereocenters. The normalized spacial score (nSPS) is 11.2. The van der Waals surface area contributed by atoms with E-state index in [-0.39, 0.29) is 24.7 Å². The summed E-state index contributed by atoms with van der Waals surface area (Å²) in [6.07, 6.45) is -4.24. The van der Waals surface area contributed by atoms with Crippen LogP contribution in [0.4, 0.5) is 19.0 Å². The first-order chi connectivity index (χ1) is 9.38. The van der Waals surface area contributed by atoms with Gasteiger partial charge in [0.15, 0.2) is 0 Å². The summed E-state index contributed by atoms with van der Waals surface area (Å²) in [6.45, 7) is 5.25. The molecule has 7 heteroatoms. The maximum atomic E-state index is 12.5. The number of carbonyl (C=O) groups excluding carboxylic acids is 1. The second-order valence-corrected chi connectivity index (χ2v) is 4.15. The summed E-state index contributed by atoms with van der Waals surface area (Å²) in [4.78, 5) is 16.8. The van der Waals surface area contributed by atoms with Gasteiger partial charge in [0.2, 0.25) is 5.91 Å². The van der Waals surface area contributed by atoms with Crippen LogP contribution in [-0.4, -0.2) is 35.4 Å². The Bertz CT molecular complexity index is 445. The molecule has 1 aromatic heterocycles. The van der Waals surface area contributed by atoms with Crippen LogP contribution in [-0.2, 0) is 11.0 Å². The minimum Gasteiger partial charge on any atom is -0.370 e. The molecule has 0 fully saturated rings. The number of nitrogens with zero attached hydrogens (tertiary/aromatic N) is 2. The second-order valence-electron chi connectivity index (χ2n) is 4.15. The second kappa shape index (κ2) is 7.12. The molecule has 0 unspecified atom stereocenters. The quantitative estimate of drug-likeness (QED) is 0.876. The SMILES string of the molecule is CCN(CC)C(=O)CCNc1cccc(C(F)(F)F)n1. The first-order valence-electron chi connectivity index (χ1n) is 6.44. The number of anilines is 1. The standard InChI is InChI=1S/C13H18F3N3O/c1-3-19(4-2)12(20)8-9-17-11-7-5-6-10(18-11)13(14,15)16/h5-7H,3-4,8-9H2,1-2H3,(H,17,18). The first kappa shape index (κ1) is 16.3. The van der Waals surface area contributed by atoms with Crippen LogP contribution in [0.3, 0.4) is 0 Å². The lowest BCUT2D eigenvalue weighted by Crippen LogP contribution is -2.31. The van der Waals surface area contributed by atoms with E-state index in [2.05, 4.69) is 10.3 Å². The van der Waals surface area contributed by atoms with Gasteiger partial charge in [0.05, 0.1) is 0 Å². The van der Waals surface area contributed by atoms with Crippen molar-refractivity contribution in [1.29, 1.82) is 0 Å². The Morgan fingerprint density at radius 1 is 1.30 bits per heavy atom. The zero-order valence-electron chi connectivity index (χ0n) is 11.5. The Labute approximate surface area is 116 Å². The molecule has 0 aliphatic carbocycles. The van der Waals surface area contributed by atoms with Crippen LogP contribution >= 0.6 is 0 Å². The molecular weight excluding hydrogens is 271 g/mol. The predicted octanol–water partition coefficient (Wildman–Crippen LogP) is 2.77. The van der Waals surface area contributed by atoms with Crippen molar-refractivity contribution in [3.05, 3.63) is 23.9 Å². The van der Waals surface area contributed by atoms with E-state index in [9.17, 15) is 18.0 Å². The molecule has 0 radical (unpaired) electrons. The number of amides is 1. The summed E-state index contributed by atoms with van der Waals surface area (Å²) in [5.74, 6) is 0.0849. The number of pyridine rings is 1. The number of hydrogen-bond acceptors (Lipinski definition) is 3. The summed E-state index contributed by atoms with van der Waals surface area (Å²) in [5.41, 5.74) is -0.947. The molecule has 1 aromatic rings. The minimum atomic E-state index is -4.46. The van der Waals surface area contributed by atoms with Crippen LogP contribution in [0, 0.1) is 0 Å². The fraction of sp³-hybridized carbons (Fsp3) is 0.538. The average molecular weight is 289 g/mol. The molecule has 0 saturated carbocycles. The van der Waals surface area contributed by atoms with Crippen molar-refractivity contribution >= 4 is 11.7 Å². The van der Waals surface area contributed by atoms with E-state index in [1.54, 1.807) is 4.90 Å². The lowest BCUT2D eigenvalue weighted by Gasteiger charge is -2.18. The topological polar surface area (TPSA) is 45.2 Å². The highest BCUT2D eigenvalue weighted by Crippen LogP contribution is 2.28. The summed E-state index contributed by atoms with van der Waals surface area (Å²) < 4.78 is 37.4. The Morgan fingerprint density at radius 3 is 2.50 bits per heavy atom. The van der Waals surface area contributed by atoms with Gasteiger partial charge in [-0.15, -0.1) is 0 Å². The van der Waals surface area contributed by atoms with Crippen molar-refractivity contribution in [2.75, 3.05) is 25.0 Å². The molecule has 112 valence electrons. The Kier molecular flexibility index (Phi) is 5.79. The molecule has 0 saturated heterocycles. The number of alkyl halides is 3. The van der Waals surface area contributed by atoms with E-state index in [4.69, 9.17) is 0 Å². The van der Waals surface area contributed by atoms with Crippen molar-refractivity contribution < 1.29 is 18.0 Å². The van der Waals surface area contributed by atoms with Crippen LogP contribution in [0.5, 0.6) is 0 Å². The van der Waals surface area contributed by atoms with Crippen LogP contribution in [0.2, 0.25) is 0 Å². The van der Waals surface area contributed by atoms with E-state index in [1.165, 1.54) is 12.1 Å². The van der Waals surface area contributed by atoms with Crippen LogP contribution in [0.1, 0.15) is 26.0 Å². The van der Waals surface area contributed by atoms with Gasteiger partial charge in [-0.2, -0.15) is 13.2 Å². The molecule has 0 aliphatic rings. The molecule has 20 heavy (non-hydrogen) atoms. The average Bonchev–Trinajstić information content (AvgIpc) is 2.39. The van der Waals surface area contributed by atoms with Crippen molar-refractivity contribution in [3.8, 4) is 0 Å². The molecule has 1 heterocycles. The van der Waals surface area contributed by atoms with Gasteiger partial charge in [0.1, 0.15) is 11.5 Å². The lowest BCUT2D eigenvalue weighted by molar-refractivity contribution is -0.141. The number of nitrogens with one attached hydrogen (secondary N) is 1. The van der Waals surface area contributed by atoms with E-state index >= 15 is 0 Å². The van der Waals surface area contributed by atoms with Gasteiger partial charge >= 0.3 is 6.18 Å². The third kappa shape index (κ3) is 4.71. The highest BCUT2D eigenvalue weighted by atomic mass is 19.4. The van der Waals surface area contributed by atoms with Crippen molar-refractivity contribution in [2.45, 2.75) is 26.4 Å². The summed E-state index contributed by atoms with van der Waals surface area (Å²) in [5, 5.41) is 2.73. The molecule has 0 spiro atoms. The van der Waals surface area contributed by atoms with E-state index in [1.807, 2.05) is 13.8 Å². The predicted molar refractivity (Wildman–Crippen MR) is 70.3 cm³/mol. The first-order valence-corrected chi connectivity index (χ1v) is 6.44. The van der Waals surface area contributed by atoms with E-state index < -0.39 is 11.9 Å². The van der Waals surface area contributed by atoms with Gasteiger partial charge in [0.25, 0.3) is 0 Å². The largest absolute Gasteiger partial charge is 0.433 e. The highest BCUT2D eigenvalue weighted by Gasteiger charge is 2.32. The zero-order valence-corrected chi connectivity index (χ0v) is 11.5. The number of rotatable bonds is 6. The van der Waals surface area contributed by atoms with Crippen LogP contribution in [0.25, 0.3) is 0 Å². The van der Waals surface area contributed by atoms with E-state index in [0.29, 0.717) is 13.1 Å². The van der Waals surface area contributed by atoms with Crippen molar-refractivity contribution in [2.24, 2.45) is 0 Å². The Hall–Kier alpha value is -1.79. The lowest BCUT2D eigenvalue weighted by atomic mass is 10.3. The van der Waals surface area contributed by atoms with Gasteiger partial charge in [-0.1, -0.05) is 6.07 Å². The highest BCUT2D eigenvalue weighted by molar-refractivity contribution is 5.76. The summed E-state index contributed by atoms with van der Waals surface area (Å²) in [6, 6.07) is 3.63. The fourth-order valence-corrected chi connectivity index (χ4v) is 1.72. The monoisotopic (exact) mass is 289 g/mol. The number of hydrogen-bond donors (Lipinski definition) is 1. The minimum absolute atomic E-state index is 0.0329. The summed E-state index contributed by atoms with van der Waals surface area (Å²) >= 11 is 0. The third-order valence-electron chi connectivity index (χ3n) is 2.80. The molecule has 4 nitrogen and oxygen atoms in total. The molecule has 0 bridgehead atoms. The van der Waals surface area contributed by atoms with Gasteiger partial charge < -0.3 is 10.2 Å². The maximum Gasteiger partial charge on any atom is 0.433 e. The fourth-order valence-electron chi connectivity index (χ4n) is 1.72. The molecule has 1 N–H and O–H groups in total. The number of aromatic nitrogens is 1. The Morgan fingerprint density at radius 2 is 1.95 bits per heavy atom. The van der Waals surface area contributed by atoms with Crippen LogP contribution < -0.4 is 5.32 Å². The van der Waals surface area contributed by atoms with Crippen LogP contribution in [0.15, 0.2) is 18.2 Å². The molecular formula is C13H18F3N3O. The molecule has 0 aromatic carbocycles. The maximum absolute atomic E-state index is 12.5. The zero-order chi connectivity index (χ0) is 15.2. The van der Waals surface area contributed by atoms with Crippen molar-refractivity contribution in [3.63, 3.8) is 0 Å².